The molecule has 128 valence electrons. The summed E-state index contributed by atoms with van der Waals surface area (Å²) in [4.78, 5) is 23.9. The summed E-state index contributed by atoms with van der Waals surface area (Å²) in [6, 6.07) is 3.04. The fraction of sp³-hybridized carbons (Fsp3) is 0.385. The molecule has 0 saturated carbocycles. The maximum absolute atomic E-state index is 13.6. The standard InChI is InChI=1S/C13H15FN2O5S.ClH/c1-15-22(20,21)11-6-8(2-3-10(11)14)12(17)16-5-4-9(7-16)13(18)19;/h2-3,6,9,15H,4-5,7H2,1H3,(H,18,19);1H. The lowest BCUT2D eigenvalue weighted by Gasteiger charge is -2.16. The summed E-state index contributed by atoms with van der Waals surface area (Å²) in [5, 5.41) is 8.93. The normalized spacial score (nSPS) is 17.7. The smallest absolute Gasteiger partial charge is 0.308 e. The molecule has 1 aliphatic rings. The predicted molar refractivity (Wildman–Crippen MR) is 81.5 cm³/mol. The Kier molecular flexibility index (Phi) is 6.09. The number of likely N-dealkylation sites (tertiary alicyclic amines) is 1. The van der Waals surface area contributed by atoms with Crippen molar-refractivity contribution in [1.82, 2.24) is 9.62 Å². The number of aliphatic carboxylic acids is 1. The summed E-state index contributed by atoms with van der Waals surface area (Å²) in [5.41, 5.74) is 0.00117. The molecule has 0 bridgehead atoms. The lowest BCUT2D eigenvalue weighted by atomic mass is 10.1. The van der Waals surface area contributed by atoms with Crippen molar-refractivity contribution in [2.24, 2.45) is 5.92 Å². The number of benzene rings is 1. The molecule has 1 amide bonds. The quantitative estimate of drug-likeness (QED) is 0.816. The van der Waals surface area contributed by atoms with Crippen LogP contribution in [0, 0.1) is 11.7 Å². The van der Waals surface area contributed by atoms with Gasteiger partial charge in [-0.05, 0) is 31.7 Å². The predicted octanol–water partition coefficient (Wildman–Crippen LogP) is 0.702. The summed E-state index contributed by atoms with van der Waals surface area (Å²) >= 11 is 0. The first-order valence-corrected chi connectivity index (χ1v) is 7.99. The van der Waals surface area contributed by atoms with Crippen molar-refractivity contribution in [3.05, 3.63) is 29.6 Å². The molecule has 1 aromatic carbocycles. The molecule has 1 saturated heterocycles. The Hall–Kier alpha value is -1.71. The topological polar surface area (TPSA) is 104 Å². The van der Waals surface area contributed by atoms with Gasteiger partial charge in [0.1, 0.15) is 10.7 Å². The molecule has 1 unspecified atom stereocenters. The molecule has 1 aromatic rings. The molecule has 1 heterocycles. The second-order valence-corrected chi connectivity index (χ2v) is 6.78. The van der Waals surface area contributed by atoms with E-state index in [1.165, 1.54) is 11.0 Å². The molecule has 0 spiro atoms. The molecule has 1 fully saturated rings. The van der Waals surface area contributed by atoms with Crippen LogP contribution in [-0.2, 0) is 14.8 Å². The molecule has 0 radical (unpaired) electrons. The van der Waals surface area contributed by atoms with E-state index in [1.54, 1.807) is 0 Å². The van der Waals surface area contributed by atoms with Crippen LogP contribution in [0.4, 0.5) is 4.39 Å². The van der Waals surface area contributed by atoms with E-state index >= 15 is 0 Å². The van der Waals surface area contributed by atoms with E-state index in [9.17, 15) is 22.4 Å². The van der Waals surface area contributed by atoms with Gasteiger partial charge in [0, 0.05) is 18.7 Å². The van der Waals surface area contributed by atoms with Gasteiger partial charge in [-0.1, -0.05) is 0 Å². The van der Waals surface area contributed by atoms with Crippen LogP contribution < -0.4 is 4.72 Å². The monoisotopic (exact) mass is 366 g/mol. The number of halogens is 2. The van der Waals surface area contributed by atoms with Crippen LogP contribution in [0.1, 0.15) is 16.8 Å². The first-order chi connectivity index (χ1) is 10.3. The van der Waals surface area contributed by atoms with Crippen molar-refractivity contribution in [3.63, 3.8) is 0 Å². The minimum absolute atomic E-state index is 0. The molecule has 1 aliphatic heterocycles. The van der Waals surface area contributed by atoms with E-state index in [4.69, 9.17) is 5.11 Å². The first-order valence-electron chi connectivity index (χ1n) is 6.51. The fourth-order valence-electron chi connectivity index (χ4n) is 2.28. The highest BCUT2D eigenvalue weighted by molar-refractivity contribution is 7.89. The summed E-state index contributed by atoms with van der Waals surface area (Å²) in [6.07, 6.45) is 0.337. The summed E-state index contributed by atoms with van der Waals surface area (Å²) < 4.78 is 39.0. The average Bonchev–Trinajstić information content (AvgIpc) is 2.97. The second kappa shape index (κ2) is 7.24. The molecule has 0 aromatic heterocycles. The molecular formula is C13H16ClFN2O5S. The molecular weight excluding hydrogens is 351 g/mol. The molecule has 23 heavy (non-hydrogen) atoms. The van der Waals surface area contributed by atoms with E-state index < -0.39 is 38.5 Å². The zero-order valence-corrected chi connectivity index (χ0v) is 13.8. The van der Waals surface area contributed by atoms with Crippen molar-refractivity contribution < 1.29 is 27.5 Å². The SMILES string of the molecule is CNS(=O)(=O)c1cc(C(=O)N2CCC(C(=O)O)C2)ccc1F.Cl. The van der Waals surface area contributed by atoms with Crippen molar-refractivity contribution >= 4 is 34.3 Å². The van der Waals surface area contributed by atoms with Gasteiger partial charge in [-0.3, -0.25) is 9.59 Å². The summed E-state index contributed by atoms with van der Waals surface area (Å²) in [7, 11) is -2.88. The highest BCUT2D eigenvalue weighted by Gasteiger charge is 2.32. The van der Waals surface area contributed by atoms with Gasteiger partial charge in [-0.2, -0.15) is 0 Å². The number of carbonyl (C=O) groups excluding carboxylic acids is 1. The van der Waals surface area contributed by atoms with E-state index in [1.807, 2.05) is 4.72 Å². The Morgan fingerprint density at radius 2 is 2.04 bits per heavy atom. The van der Waals surface area contributed by atoms with Gasteiger partial charge in [0.15, 0.2) is 0 Å². The Balaban J connectivity index is 0.00000264. The van der Waals surface area contributed by atoms with Gasteiger partial charge in [-0.15, -0.1) is 12.4 Å². The van der Waals surface area contributed by atoms with Gasteiger partial charge in [-0.25, -0.2) is 17.5 Å². The summed E-state index contributed by atoms with van der Waals surface area (Å²) in [5.74, 6) is -3.09. The molecule has 2 N–H and O–H groups in total. The Morgan fingerprint density at radius 1 is 1.39 bits per heavy atom. The van der Waals surface area contributed by atoms with Gasteiger partial charge in [0.2, 0.25) is 10.0 Å². The minimum atomic E-state index is -4.02. The number of amides is 1. The third-order valence-corrected chi connectivity index (χ3v) is 4.99. The fourth-order valence-corrected chi connectivity index (χ4v) is 3.11. The van der Waals surface area contributed by atoms with Crippen molar-refractivity contribution in [2.75, 3.05) is 20.1 Å². The zero-order chi connectivity index (χ0) is 16.5. The lowest BCUT2D eigenvalue weighted by Crippen LogP contribution is -2.30. The molecule has 0 aliphatic carbocycles. The van der Waals surface area contributed by atoms with Gasteiger partial charge < -0.3 is 10.0 Å². The van der Waals surface area contributed by atoms with E-state index in [0.29, 0.717) is 6.42 Å². The highest BCUT2D eigenvalue weighted by Crippen LogP contribution is 2.21. The Bertz CT molecular complexity index is 725. The Morgan fingerprint density at radius 3 is 2.57 bits per heavy atom. The molecule has 7 nitrogen and oxygen atoms in total. The van der Waals surface area contributed by atoms with Crippen molar-refractivity contribution in [2.45, 2.75) is 11.3 Å². The number of carboxylic acid groups (broad SMARTS) is 1. The number of nitrogens with one attached hydrogen (secondary N) is 1. The molecule has 2 rings (SSSR count). The van der Waals surface area contributed by atoms with Crippen LogP contribution >= 0.6 is 12.4 Å². The largest absolute Gasteiger partial charge is 0.481 e. The van der Waals surface area contributed by atoms with Crippen LogP contribution in [0.5, 0.6) is 0 Å². The number of nitrogens with zero attached hydrogens (tertiary/aromatic N) is 1. The van der Waals surface area contributed by atoms with Crippen LogP contribution in [0.15, 0.2) is 23.1 Å². The van der Waals surface area contributed by atoms with Gasteiger partial charge >= 0.3 is 5.97 Å². The van der Waals surface area contributed by atoms with Gasteiger partial charge in [0.05, 0.1) is 5.92 Å². The number of rotatable bonds is 4. The van der Waals surface area contributed by atoms with Crippen molar-refractivity contribution in [1.29, 1.82) is 0 Å². The third-order valence-electron chi connectivity index (χ3n) is 3.56. The second-order valence-electron chi connectivity index (χ2n) is 4.93. The third kappa shape index (κ3) is 3.98. The lowest BCUT2D eigenvalue weighted by molar-refractivity contribution is -0.141. The van der Waals surface area contributed by atoms with Crippen LogP contribution in [0.3, 0.4) is 0 Å². The van der Waals surface area contributed by atoms with E-state index in [-0.39, 0.29) is 31.1 Å². The van der Waals surface area contributed by atoms with Crippen LogP contribution in [-0.4, -0.2) is 50.4 Å². The number of hydrogen-bond donors (Lipinski definition) is 2. The number of hydrogen-bond acceptors (Lipinski definition) is 4. The maximum atomic E-state index is 13.6. The van der Waals surface area contributed by atoms with Crippen molar-refractivity contribution in [3.8, 4) is 0 Å². The average molecular weight is 367 g/mol. The molecule has 10 heteroatoms. The first kappa shape index (κ1) is 19.3. The minimum Gasteiger partial charge on any atom is -0.481 e. The summed E-state index contributed by atoms with van der Waals surface area (Å²) in [6.45, 7) is 0.320. The molecule has 1 atom stereocenters. The number of carbonyl (C=O) groups is 2. The zero-order valence-electron chi connectivity index (χ0n) is 12.2. The van der Waals surface area contributed by atoms with Crippen LogP contribution in [0.25, 0.3) is 0 Å². The Labute approximate surface area is 138 Å². The number of carboxylic acids is 1. The maximum Gasteiger partial charge on any atom is 0.308 e. The van der Waals surface area contributed by atoms with Gasteiger partial charge in [0.25, 0.3) is 5.91 Å². The van der Waals surface area contributed by atoms with Crippen LogP contribution in [0.2, 0.25) is 0 Å². The number of sulfonamides is 1. The van der Waals surface area contributed by atoms with E-state index in [2.05, 4.69) is 0 Å². The highest BCUT2D eigenvalue weighted by atomic mass is 35.5. The van der Waals surface area contributed by atoms with E-state index in [0.717, 1.165) is 19.2 Å².